The van der Waals surface area contributed by atoms with Crippen LogP contribution in [0.3, 0.4) is 0 Å². The van der Waals surface area contributed by atoms with Gasteiger partial charge in [-0.05, 0) is 29.8 Å². The number of aromatic nitrogens is 4. The first-order valence-electron chi connectivity index (χ1n) is 9.32. The normalized spacial score (nSPS) is 12.3. The van der Waals surface area contributed by atoms with E-state index in [-0.39, 0.29) is 18.5 Å². The molecular weight excluding hydrogens is 402 g/mol. The summed E-state index contributed by atoms with van der Waals surface area (Å²) in [6.07, 6.45) is 0. The number of fused-ring (bicyclic) bond motifs is 2. The Labute approximate surface area is 176 Å². The molecule has 3 heterocycles. The fourth-order valence-corrected chi connectivity index (χ4v) is 3.77. The van der Waals surface area contributed by atoms with Crippen LogP contribution in [0.25, 0.3) is 16.9 Å². The monoisotopic (exact) mass is 419 g/mol. The second-order valence-corrected chi connectivity index (χ2v) is 7.53. The lowest BCUT2D eigenvalue weighted by molar-refractivity contribution is -0.118. The van der Waals surface area contributed by atoms with Crippen molar-refractivity contribution < 1.29 is 14.3 Å². The molecule has 0 fully saturated rings. The molecule has 30 heavy (non-hydrogen) atoms. The summed E-state index contributed by atoms with van der Waals surface area (Å²) in [5, 5.41) is 16.4. The minimum Gasteiger partial charge on any atom is -0.454 e. The van der Waals surface area contributed by atoms with Gasteiger partial charge in [-0.1, -0.05) is 48.2 Å². The SMILES string of the molecule is O=C(CSc1nnc2ccc(-c3ccccc3)nn12)NCc1ccc2c(c1)OCO2. The molecule has 0 saturated heterocycles. The van der Waals surface area contributed by atoms with Gasteiger partial charge in [0.2, 0.25) is 17.9 Å². The fraction of sp³-hybridized carbons (Fsp3) is 0.143. The highest BCUT2D eigenvalue weighted by atomic mass is 32.2. The van der Waals surface area contributed by atoms with Gasteiger partial charge in [0.25, 0.3) is 0 Å². The average molecular weight is 419 g/mol. The Morgan fingerprint density at radius 2 is 1.90 bits per heavy atom. The highest BCUT2D eigenvalue weighted by Crippen LogP contribution is 2.32. The van der Waals surface area contributed by atoms with Crippen molar-refractivity contribution in [1.82, 2.24) is 25.1 Å². The van der Waals surface area contributed by atoms with Crippen molar-refractivity contribution in [2.75, 3.05) is 12.5 Å². The number of nitrogens with one attached hydrogen (secondary N) is 1. The van der Waals surface area contributed by atoms with Gasteiger partial charge in [0.1, 0.15) is 0 Å². The van der Waals surface area contributed by atoms with Crippen molar-refractivity contribution in [3.63, 3.8) is 0 Å². The van der Waals surface area contributed by atoms with Crippen LogP contribution < -0.4 is 14.8 Å². The molecule has 8 nitrogen and oxygen atoms in total. The molecule has 1 N–H and O–H groups in total. The maximum atomic E-state index is 12.3. The first kappa shape index (κ1) is 18.4. The summed E-state index contributed by atoms with van der Waals surface area (Å²) in [7, 11) is 0. The van der Waals surface area contributed by atoms with Gasteiger partial charge in [-0.25, -0.2) is 0 Å². The van der Waals surface area contributed by atoms with E-state index in [4.69, 9.17) is 9.47 Å². The van der Waals surface area contributed by atoms with Crippen LogP contribution in [0.5, 0.6) is 11.5 Å². The molecule has 0 unspecified atom stereocenters. The summed E-state index contributed by atoms with van der Waals surface area (Å²) in [6, 6.07) is 19.3. The lowest BCUT2D eigenvalue weighted by Crippen LogP contribution is -2.24. The first-order valence-corrected chi connectivity index (χ1v) is 10.3. The van der Waals surface area contributed by atoms with Crippen molar-refractivity contribution in [3.05, 3.63) is 66.2 Å². The topological polar surface area (TPSA) is 90.6 Å². The molecule has 150 valence electrons. The van der Waals surface area contributed by atoms with Crippen LogP contribution >= 0.6 is 11.8 Å². The summed E-state index contributed by atoms with van der Waals surface area (Å²) < 4.78 is 12.3. The van der Waals surface area contributed by atoms with Gasteiger partial charge < -0.3 is 14.8 Å². The molecule has 0 atom stereocenters. The molecule has 9 heteroatoms. The number of nitrogens with zero attached hydrogens (tertiary/aromatic N) is 4. The van der Waals surface area contributed by atoms with Crippen molar-refractivity contribution in [3.8, 4) is 22.8 Å². The van der Waals surface area contributed by atoms with Gasteiger partial charge in [-0.15, -0.1) is 10.2 Å². The van der Waals surface area contributed by atoms with Crippen LogP contribution in [-0.2, 0) is 11.3 Å². The standard InChI is InChI=1S/C21H17N5O3S/c27-20(22-11-14-6-8-17-18(10-14)29-13-28-17)12-30-21-24-23-19-9-7-16(25-26(19)21)15-4-2-1-3-5-15/h1-10H,11-13H2,(H,22,27). The average Bonchev–Trinajstić information content (AvgIpc) is 3.42. The Hall–Kier alpha value is -3.59. The van der Waals surface area contributed by atoms with E-state index in [9.17, 15) is 4.79 Å². The second-order valence-electron chi connectivity index (χ2n) is 6.59. The molecule has 0 spiro atoms. The maximum Gasteiger partial charge on any atom is 0.231 e. The fourth-order valence-electron chi connectivity index (χ4n) is 3.05. The smallest absolute Gasteiger partial charge is 0.231 e. The summed E-state index contributed by atoms with van der Waals surface area (Å²) in [5.41, 5.74) is 3.40. The molecule has 0 bridgehead atoms. The van der Waals surface area contributed by atoms with Crippen molar-refractivity contribution in [2.45, 2.75) is 11.7 Å². The zero-order valence-electron chi connectivity index (χ0n) is 15.8. The Morgan fingerprint density at radius 3 is 2.80 bits per heavy atom. The van der Waals surface area contributed by atoms with Crippen LogP contribution in [0.2, 0.25) is 0 Å². The van der Waals surface area contributed by atoms with Gasteiger partial charge in [0.15, 0.2) is 17.1 Å². The molecule has 0 saturated carbocycles. The first-order chi connectivity index (χ1) is 14.8. The quantitative estimate of drug-likeness (QED) is 0.481. The Morgan fingerprint density at radius 1 is 1.03 bits per heavy atom. The predicted molar refractivity (Wildman–Crippen MR) is 111 cm³/mol. The molecule has 1 amide bonds. The minimum atomic E-state index is -0.103. The molecule has 5 rings (SSSR count). The van der Waals surface area contributed by atoms with Crippen LogP contribution in [0, 0.1) is 0 Å². The van der Waals surface area contributed by atoms with Gasteiger partial charge in [0, 0.05) is 12.1 Å². The van der Waals surface area contributed by atoms with E-state index in [2.05, 4.69) is 20.6 Å². The summed E-state index contributed by atoms with van der Waals surface area (Å²) in [5.74, 6) is 1.53. The van der Waals surface area contributed by atoms with Crippen molar-refractivity contribution in [2.24, 2.45) is 0 Å². The van der Waals surface area contributed by atoms with E-state index in [0.29, 0.717) is 23.1 Å². The maximum absolute atomic E-state index is 12.3. The summed E-state index contributed by atoms with van der Waals surface area (Å²) >= 11 is 1.29. The zero-order chi connectivity index (χ0) is 20.3. The van der Waals surface area contributed by atoms with E-state index in [1.807, 2.05) is 60.7 Å². The summed E-state index contributed by atoms with van der Waals surface area (Å²) in [4.78, 5) is 12.3. The third-order valence-electron chi connectivity index (χ3n) is 4.56. The zero-order valence-corrected chi connectivity index (χ0v) is 16.6. The van der Waals surface area contributed by atoms with Crippen LogP contribution in [0.4, 0.5) is 0 Å². The predicted octanol–water partition coefficient (Wildman–Crippen LogP) is 2.93. The number of rotatable bonds is 6. The van der Waals surface area contributed by atoms with E-state index < -0.39 is 0 Å². The van der Waals surface area contributed by atoms with E-state index in [1.54, 1.807) is 4.52 Å². The molecule has 1 aliphatic rings. The number of amides is 1. The second kappa shape index (κ2) is 8.03. The van der Waals surface area contributed by atoms with E-state index >= 15 is 0 Å². The van der Waals surface area contributed by atoms with Crippen LogP contribution in [0.15, 0.2) is 65.8 Å². The van der Waals surface area contributed by atoms with Gasteiger partial charge >= 0.3 is 0 Å². The third-order valence-corrected chi connectivity index (χ3v) is 5.48. The van der Waals surface area contributed by atoms with Gasteiger partial charge in [-0.3, -0.25) is 4.79 Å². The highest BCUT2D eigenvalue weighted by Gasteiger charge is 2.14. The largest absolute Gasteiger partial charge is 0.454 e. The number of carbonyl (C=O) groups is 1. The third kappa shape index (κ3) is 3.79. The molecule has 0 radical (unpaired) electrons. The molecular formula is C21H17N5O3S. The highest BCUT2D eigenvalue weighted by molar-refractivity contribution is 7.99. The number of carbonyl (C=O) groups excluding carboxylic acids is 1. The number of benzene rings is 2. The number of thioether (sulfide) groups is 1. The minimum absolute atomic E-state index is 0.103. The van der Waals surface area contributed by atoms with Crippen LogP contribution in [-0.4, -0.2) is 38.3 Å². The molecule has 4 aromatic rings. The molecule has 2 aromatic carbocycles. The Kier molecular flexibility index (Phi) is 4.94. The summed E-state index contributed by atoms with van der Waals surface area (Å²) in [6.45, 7) is 0.640. The Bertz CT molecular complexity index is 1210. The lowest BCUT2D eigenvalue weighted by atomic mass is 10.1. The molecule has 1 aliphatic heterocycles. The lowest BCUT2D eigenvalue weighted by Gasteiger charge is -2.06. The van der Waals surface area contributed by atoms with Crippen molar-refractivity contribution in [1.29, 1.82) is 0 Å². The number of hydrogen-bond acceptors (Lipinski definition) is 7. The van der Waals surface area contributed by atoms with Gasteiger partial charge in [0.05, 0.1) is 11.4 Å². The molecule has 0 aliphatic carbocycles. The van der Waals surface area contributed by atoms with E-state index in [1.165, 1.54) is 11.8 Å². The van der Waals surface area contributed by atoms with Crippen LogP contribution in [0.1, 0.15) is 5.56 Å². The van der Waals surface area contributed by atoms with Crippen molar-refractivity contribution >= 4 is 23.3 Å². The van der Waals surface area contributed by atoms with E-state index in [0.717, 1.165) is 22.6 Å². The number of hydrogen-bond donors (Lipinski definition) is 1. The Balaban J connectivity index is 1.23. The number of ether oxygens (including phenoxy) is 2. The van der Waals surface area contributed by atoms with Gasteiger partial charge in [-0.2, -0.15) is 9.61 Å². The molecule has 2 aromatic heterocycles.